The Balaban J connectivity index is 2.16. The first kappa shape index (κ1) is 26.8. The predicted molar refractivity (Wildman–Crippen MR) is 136 cm³/mol. The Morgan fingerprint density at radius 3 is 2.38 bits per heavy atom. The number of carbonyl (C=O) groups is 3. The van der Waals surface area contributed by atoms with Crippen LogP contribution in [-0.4, -0.2) is 91.9 Å². The van der Waals surface area contributed by atoms with E-state index in [4.69, 9.17) is 0 Å². The highest BCUT2D eigenvalue weighted by Gasteiger charge is 2.77. The number of hydrogen-bond acceptors (Lipinski definition) is 5. The molecule has 2 bridgehead atoms. The van der Waals surface area contributed by atoms with E-state index in [-0.39, 0.29) is 35.5 Å². The van der Waals surface area contributed by atoms with Gasteiger partial charge in [-0.05, 0) is 39.5 Å². The van der Waals surface area contributed by atoms with Crippen LogP contribution in [0.15, 0.2) is 25.3 Å². The third kappa shape index (κ3) is 3.91. The Hall–Kier alpha value is -1.80. The van der Waals surface area contributed by atoms with E-state index in [1.807, 2.05) is 27.7 Å². The molecule has 0 saturated carbocycles. The number of aliphatic hydroxyl groups excluding tert-OH is 1. The normalized spacial score (nSPS) is 33.0. The van der Waals surface area contributed by atoms with Crippen molar-refractivity contribution in [3.8, 4) is 0 Å². The summed E-state index contributed by atoms with van der Waals surface area (Å²) in [5.41, 5.74) is -0.473. The van der Waals surface area contributed by atoms with Gasteiger partial charge in [0.15, 0.2) is 0 Å². The Kier molecular flexibility index (Phi) is 7.63. The van der Waals surface area contributed by atoms with Gasteiger partial charge in [0.25, 0.3) is 0 Å². The van der Waals surface area contributed by atoms with Crippen molar-refractivity contribution in [3.05, 3.63) is 25.3 Å². The summed E-state index contributed by atoms with van der Waals surface area (Å²) in [6.45, 7) is 18.1. The molecule has 7 atom stereocenters. The third-order valence-electron chi connectivity index (χ3n) is 7.94. The van der Waals surface area contributed by atoms with E-state index < -0.39 is 34.2 Å². The number of carbonyl (C=O) groups excluding carboxylic acids is 3. The van der Waals surface area contributed by atoms with Crippen molar-refractivity contribution < 1.29 is 19.5 Å². The lowest BCUT2D eigenvalue weighted by molar-refractivity contribution is -0.148. The Morgan fingerprint density at radius 1 is 1.26 bits per heavy atom. The van der Waals surface area contributed by atoms with Crippen molar-refractivity contribution in [2.75, 3.05) is 26.7 Å². The fourth-order valence-electron chi connectivity index (χ4n) is 6.34. The van der Waals surface area contributed by atoms with Crippen LogP contribution in [0.3, 0.4) is 0 Å². The minimum absolute atomic E-state index is 0.00198. The fraction of sp³-hybridized carbons (Fsp3) is 0.731. The molecule has 0 aliphatic carbocycles. The number of amides is 3. The smallest absolute Gasteiger partial charge is 0.247 e. The van der Waals surface area contributed by atoms with Gasteiger partial charge in [0, 0.05) is 30.9 Å². The molecule has 3 heterocycles. The minimum Gasteiger partial charge on any atom is -0.394 e. The van der Waals surface area contributed by atoms with Gasteiger partial charge in [0.2, 0.25) is 17.7 Å². The SMILES string of the molecule is C=CCN(C)C(=O)[C@@H]1[C@H]2C(=O)N([C@@H](CC)CO)C(C(=O)N(CC=C)C(C)(C)C)C23S[C@@H]1CC3C. The maximum absolute atomic E-state index is 14.3. The molecule has 7 nitrogen and oxygen atoms in total. The highest BCUT2D eigenvalue weighted by Crippen LogP contribution is 2.69. The standard InChI is InChI=1S/C26H41N3O4S/c1-9-12-27(8)22(31)19-18-14-16(4)26(34-18)20(19)23(32)29(17(11-3)15-30)21(26)24(33)28(13-10-2)25(5,6)7/h9-10,16-21,30H,1-2,11-15H2,3-8H3/t16?,17-,18+,19-,20-,21?,26?/m0/s1. The van der Waals surface area contributed by atoms with E-state index in [0.29, 0.717) is 19.5 Å². The molecule has 3 fully saturated rings. The average Bonchev–Trinajstić information content (AvgIpc) is 3.36. The summed E-state index contributed by atoms with van der Waals surface area (Å²) < 4.78 is -0.693. The van der Waals surface area contributed by atoms with E-state index in [0.717, 1.165) is 6.42 Å². The van der Waals surface area contributed by atoms with E-state index in [1.165, 1.54) is 0 Å². The number of fused-ring (bicyclic) bond motifs is 1. The van der Waals surface area contributed by atoms with Gasteiger partial charge in [0.05, 0.1) is 29.2 Å². The van der Waals surface area contributed by atoms with Gasteiger partial charge in [-0.2, -0.15) is 0 Å². The molecule has 8 heteroatoms. The lowest BCUT2D eigenvalue weighted by Crippen LogP contribution is -2.62. The summed E-state index contributed by atoms with van der Waals surface area (Å²) in [5, 5.41) is 10.2. The van der Waals surface area contributed by atoms with E-state index in [2.05, 4.69) is 20.1 Å². The van der Waals surface area contributed by atoms with Gasteiger partial charge in [-0.3, -0.25) is 14.4 Å². The molecule has 190 valence electrons. The number of thioether (sulfide) groups is 1. The molecule has 1 spiro atoms. The molecule has 3 saturated heterocycles. The Labute approximate surface area is 208 Å². The second-order valence-corrected chi connectivity index (χ2v) is 12.5. The molecule has 0 aromatic carbocycles. The number of hydrogen-bond donors (Lipinski definition) is 1. The number of nitrogens with zero attached hydrogens (tertiary/aromatic N) is 3. The van der Waals surface area contributed by atoms with Crippen molar-refractivity contribution in [2.24, 2.45) is 17.8 Å². The molecular weight excluding hydrogens is 450 g/mol. The van der Waals surface area contributed by atoms with Crippen molar-refractivity contribution in [1.82, 2.24) is 14.7 Å². The van der Waals surface area contributed by atoms with Crippen LogP contribution < -0.4 is 0 Å². The summed E-state index contributed by atoms with van der Waals surface area (Å²) in [4.78, 5) is 47.1. The topological polar surface area (TPSA) is 81.2 Å². The van der Waals surface area contributed by atoms with Crippen LogP contribution in [0.4, 0.5) is 0 Å². The van der Waals surface area contributed by atoms with E-state index in [9.17, 15) is 19.5 Å². The molecule has 3 rings (SSSR count). The van der Waals surface area contributed by atoms with Gasteiger partial charge in [-0.15, -0.1) is 24.9 Å². The maximum Gasteiger partial charge on any atom is 0.247 e. The van der Waals surface area contributed by atoms with Crippen LogP contribution in [0.2, 0.25) is 0 Å². The summed E-state index contributed by atoms with van der Waals surface area (Å²) >= 11 is 1.67. The first-order valence-electron chi connectivity index (χ1n) is 12.3. The Morgan fingerprint density at radius 2 is 1.88 bits per heavy atom. The zero-order valence-corrected chi connectivity index (χ0v) is 22.3. The molecular formula is C26H41N3O4S. The first-order chi connectivity index (χ1) is 15.9. The van der Waals surface area contributed by atoms with Crippen molar-refractivity contribution in [1.29, 1.82) is 0 Å². The molecule has 3 amide bonds. The Bertz CT molecular complexity index is 851. The molecule has 0 radical (unpaired) electrons. The third-order valence-corrected chi connectivity index (χ3v) is 10.0. The second-order valence-electron chi connectivity index (χ2n) is 11.0. The number of likely N-dealkylation sites (N-methyl/N-ethyl adjacent to an activating group) is 1. The van der Waals surface area contributed by atoms with Crippen molar-refractivity contribution in [2.45, 2.75) is 75.1 Å². The summed E-state index contributed by atoms with van der Waals surface area (Å²) in [7, 11) is 1.74. The zero-order chi connectivity index (χ0) is 25.6. The second kappa shape index (κ2) is 9.69. The zero-order valence-electron chi connectivity index (χ0n) is 21.5. The monoisotopic (exact) mass is 491 g/mol. The largest absolute Gasteiger partial charge is 0.394 e. The van der Waals surface area contributed by atoms with E-state index >= 15 is 0 Å². The van der Waals surface area contributed by atoms with Crippen molar-refractivity contribution in [3.63, 3.8) is 0 Å². The van der Waals surface area contributed by atoms with Crippen molar-refractivity contribution >= 4 is 29.5 Å². The van der Waals surface area contributed by atoms with Gasteiger partial charge < -0.3 is 19.8 Å². The average molecular weight is 492 g/mol. The molecule has 3 aliphatic rings. The van der Waals surface area contributed by atoms with Crippen LogP contribution >= 0.6 is 11.8 Å². The van der Waals surface area contributed by atoms with Crippen LogP contribution in [-0.2, 0) is 14.4 Å². The molecule has 3 aliphatic heterocycles. The molecule has 1 N–H and O–H groups in total. The number of likely N-dealkylation sites (tertiary alicyclic amines) is 1. The van der Waals surface area contributed by atoms with Crippen LogP contribution in [0.1, 0.15) is 47.5 Å². The van der Waals surface area contributed by atoms with Crippen LogP contribution in [0.25, 0.3) is 0 Å². The molecule has 3 unspecified atom stereocenters. The van der Waals surface area contributed by atoms with Crippen LogP contribution in [0.5, 0.6) is 0 Å². The van der Waals surface area contributed by atoms with Gasteiger partial charge in [-0.25, -0.2) is 0 Å². The molecule has 0 aromatic heterocycles. The van der Waals surface area contributed by atoms with E-state index in [1.54, 1.807) is 45.7 Å². The molecule has 0 aromatic rings. The highest BCUT2D eigenvalue weighted by molar-refractivity contribution is 8.02. The fourth-order valence-corrected chi connectivity index (χ4v) is 8.73. The lowest BCUT2D eigenvalue weighted by atomic mass is 9.65. The summed E-state index contributed by atoms with van der Waals surface area (Å²) in [5.74, 6) is -1.32. The number of rotatable bonds is 9. The predicted octanol–water partition coefficient (Wildman–Crippen LogP) is 2.55. The quantitative estimate of drug-likeness (QED) is 0.502. The highest BCUT2D eigenvalue weighted by atomic mass is 32.2. The maximum atomic E-state index is 14.3. The van der Waals surface area contributed by atoms with Gasteiger partial charge >= 0.3 is 0 Å². The van der Waals surface area contributed by atoms with Gasteiger partial charge in [0.1, 0.15) is 6.04 Å². The lowest BCUT2D eigenvalue weighted by Gasteiger charge is -2.45. The minimum atomic E-state index is -0.728. The summed E-state index contributed by atoms with van der Waals surface area (Å²) in [6.07, 6.45) is 4.71. The summed E-state index contributed by atoms with van der Waals surface area (Å²) in [6, 6.07) is -1.20. The molecule has 34 heavy (non-hydrogen) atoms. The number of aliphatic hydroxyl groups is 1. The first-order valence-corrected chi connectivity index (χ1v) is 13.2. The van der Waals surface area contributed by atoms with Gasteiger partial charge in [-0.1, -0.05) is 26.0 Å². The van der Waals surface area contributed by atoms with Crippen LogP contribution in [0, 0.1) is 17.8 Å².